The summed E-state index contributed by atoms with van der Waals surface area (Å²) in [4.78, 5) is 4.69. The van der Waals surface area contributed by atoms with Crippen LogP contribution in [0.2, 0.25) is 0 Å². The summed E-state index contributed by atoms with van der Waals surface area (Å²) in [5.41, 5.74) is 0.429. The predicted octanol–water partition coefficient (Wildman–Crippen LogP) is 0.411. The number of β-amino-alcohol motifs (C(OH)–C–C–N with tert-alkyl or cyclic N) is 1. The molecule has 0 aromatic rings. The minimum absolute atomic E-state index is 0.220. The minimum atomic E-state index is -0.220. The average molecular weight is 242 g/mol. The number of likely N-dealkylation sites (tertiary alicyclic amines) is 1. The normalized spacial score (nSPS) is 28.4. The second-order valence-electron chi connectivity index (χ2n) is 6.22. The molecule has 1 atom stereocenters. The Morgan fingerprint density at radius 1 is 1.12 bits per heavy atom. The van der Waals surface area contributed by atoms with Crippen LogP contribution in [0.1, 0.15) is 20.3 Å². The Kier molecular flexibility index (Phi) is 4.42. The molecule has 0 aromatic heterocycles. The maximum Gasteiger partial charge on any atom is 0.0793 e. The van der Waals surface area contributed by atoms with Gasteiger partial charge in [-0.2, -0.15) is 0 Å². The smallest absolute Gasteiger partial charge is 0.0793 e. The maximum absolute atomic E-state index is 10.1. The third kappa shape index (κ3) is 4.21. The van der Waals surface area contributed by atoms with Crippen LogP contribution in [-0.4, -0.2) is 73.5 Å². The van der Waals surface area contributed by atoms with Crippen LogP contribution in [0, 0.1) is 5.41 Å². The lowest BCUT2D eigenvalue weighted by Crippen LogP contribution is -2.44. The summed E-state index contributed by atoms with van der Waals surface area (Å²) >= 11 is 0. The molecule has 0 bridgehead atoms. The second-order valence-corrected chi connectivity index (χ2v) is 6.22. The molecule has 4 nitrogen and oxygen atoms in total. The molecule has 17 heavy (non-hydrogen) atoms. The van der Waals surface area contributed by atoms with Gasteiger partial charge in [0.2, 0.25) is 0 Å². The van der Waals surface area contributed by atoms with Gasteiger partial charge in [0.1, 0.15) is 0 Å². The lowest BCUT2D eigenvalue weighted by molar-refractivity contribution is 0.00803. The van der Waals surface area contributed by atoms with Crippen LogP contribution in [0.4, 0.5) is 0 Å². The van der Waals surface area contributed by atoms with Crippen molar-refractivity contribution < 1.29 is 9.84 Å². The van der Waals surface area contributed by atoms with E-state index >= 15 is 0 Å². The molecule has 1 unspecified atom stereocenters. The number of rotatable bonds is 4. The first-order valence-corrected chi connectivity index (χ1v) is 6.76. The largest absolute Gasteiger partial charge is 0.390 e. The predicted molar refractivity (Wildman–Crippen MR) is 68.1 cm³/mol. The number of hydrogen-bond acceptors (Lipinski definition) is 4. The molecule has 2 heterocycles. The first kappa shape index (κ1) is 13.3. The van der Waals surface area contributed by atoms with Gasteiger partial charge in [0, 0.05) is 32.7 Å². The lowest BCUT2D eigenvalue weighted by Gasteiger charge is -2.30. The molecule has 0 aliphatic carbocycles. The van der Waals surface area contributed by atoms with Gasteiger partial charge in [-0.1, -0.05) is 13.8 Å². The van der Waals surface area contributed by atoms with Gasteiger partial charge >= 0.3 is 0 Å². The van der Waals surface area contributed by atoms with Crippen molar-refractivity contribution in [2.24, 2.45) is 5.41 Å². The highest BCUT2D eigenvalue weighted by Gasteiger charge is 2.30. The molecule has 0 spiro atoms. The Bertz CT molecular complexity index is 240. The minimum Gasteiger partial charge on any atom is -0.390 e. The molecule has 4 heteroatoms. The van der Waals surface area contributed by atoms with Crippen LogP contribution in [0.3, 0.4) is 0 Å². The standard InChI is InChI=1S/C13H26N2O2/c1-13(2)3-4-15(11-13)10-12(16)9-14-5-7-17-8-6-14/h12,16H,3-11H2,1-2H3. The zero-order valence-corrected chi connectivity index (χ0v) is 11.2. The lowest BCUT2D eigenvalue weighted by atomic mass is 9.93. The fourth-order valence-electron chi connectivity index (χ4n) is 2.82. The fourth-order valence-corrected chi connectivity index (χ4v) is 2.82. The van der Waals surface area contributed by atoms with Crippen molar-refractivity contribution in [3.05, 3.63) is 0 Å². The van der Waals surface area contributed by atoms with Gasteiger partial charge in [-0.15, -0.1) is 0 Å². The van der Waals surface area contributed by atoms with E-state index in [-0.39, 0.29) is 6.10 Å². The zero-order chi connectivity index (χ0) is 12.3. The molecule has 0 saturated carbocycles. The zero-order valence-electron chi connectivity index (χ0n) is 11.2. The summed E-state index contributed by atoms with van der Waals surface area (Å²) in [6, 6.07) is 0. The molecule has 100 valence electrons. The molecule has 0 aromatic carbocycles. The molecule has 2 rings (SSSR count). The third-order valence-corrected chi connectivity index (χ3v) is 3.80. The van der Waals surface area contributed by atoms with Crippen molar-refractivity contribution in [2.75, 3.05) is 52.5 Å². The van der Waals surface area contributed by atoms with Crippen molar-refractivity contribution in [3.63, 3.8) is 0 Å². The first-order chi connectivity index (χ1) is 8.05. The number of hydrogen-bond donors (Lipinski definition) is 1. The third-order valence-electron chi connectivity index (χ3n) is 3.80. The van der Waals surface area contributed by atoms with Crippen molar-refractivity contribution in [1.29, 1.82) is 0 Å². The fraction of sp³-hybridized carbons (Fsp3) is 1.00. The van der Waals surface area contributed by atoms with Crippen molar-refractivity contribution in [3.8, 4) is 0 Å². The van der Waals surface area contributed by atoms with Gasteiger partial charge < -0.3 is 14.7 Å². The summed E-state index contributed by atoms with van der Waals surface area (Å²) in [5.74, 6) is 0. The molecule has 2 fully saturated rings. The Hall–Kier alpha value is -0.160. The van der Waals surface area contributed by atoms with E-state index in [9.17, 15) is 5.11 Å². The molecule has 1 N–H and O–H groups in total. The highest BCUT2D eigenvalue weighted by atomic mass is 16.5. The monoisotopic (exact) mass is 242 g/mol. The van der Waals surface area contributed by atoms with Gasteiger partial charge in [0.15, 0.2) is 0 Å². The van der Waals surface area contributed by atoms with Gasteiger partial charge in [-0.3, -0.25) is 4.90 Å². The molecular weight excluding hydrogens is 216 g/mol. The summed E-state index contributed by atoms with van der Waals surface area (Å²) in [6.45, 7) is 12.0. The quantitative estimate of drug-likeness (QED) is 0.775. The summed E-state index contributed by atoms with van der Waals surface area (Å²) in [7, 11) is 0. The number of aliphatic hydroxyl groups is 1. The van der Waals surface area contributed by atoms with Crippen LogP contribution in [0.25, 0.3) is 0 Å². The number of nitrogens with zero attached hydrogens (tertiary/aromatic N) is 2. The van der Waals surface area contributed by atoms with E-state index < -0.39 is 0 Å². The summed E-state index contributed by atoms with van der Waals surface area (Å²) < 4.78 is 5.31. The van der Waals surface area contributed by atoms with Gasteiger partial charge in [0.05, 0.1) is 19.3 Å². The van der Waals surface area contributed by atoms with Crippen molar-refractivity contribution in [1.82, 2.24) is 9.80 Å². The Balaban J connectivity index is 1.68. The van der Waals surface area contributed by atoms with Gasteiger partial charge in [-0.25, -0.2) is 0 Å². The Morgan fingerprint density at radius 2 is 1.76 bits per heavy atom. The van der Waals surface area contributed by atoms with E-state index in [1.54, 1.807) is 0 Å². The SMILES string of the molecule is CC1(C)CCN(CC(O)CN2CCOCC2)C1. The highest BCUT2D eigenvalue weighted by Crippen LogP contribution is 2.28. The van der Waals surface area contributed by atoms with Gasteiger partial charge in [0.25, 0.3) is 0 Å². The Morgan fingerprint density at radius 3 is 2.35 bits per heavy atom. The summed E-state index contributed by atoms with van der Waals surface area (Å²) in [6.07, 6.45) is 1.03. The van der Waals surface area contributed by atoms with E-state index in [0.29, 0.717) is 5.41 Å². The Labute approximate surface area is 105 Å². The molecule has 2 saturated heterocycles. The maximum atomic E-state index is 10.1. The van der Waals surface area contributed by atoms with Crippen LogP contribution in [0.15, 0.2) is 0 Å². The van der Waals surface area contributed by atoms with Crippen LogP contribution in [0.5, 0.6) is 0 Å². The highest BCUT2D eigenvalue weighted by molar-refractivity contribution is 4.84. The van der Waals surface area contributed by atoms with Crippen LogP contribution < -0.4 is 0 Å². The molecule has 0 radical (unpaired) electrons. The van der Waals surface area contributed by atoms with Crippen molar-refractivity contribution in [2.45, 2.75) is 26.4 Å². The molecule has 2 aliphatic heterocycles. The number of ether oxygens (including phenoxy) is 1. The number of aliphatic hydroxyl groups excluding tert-OH is 1. The van der Waals surface area contributed by atoms with E-state index in [1.165, 1.54) is 6.42 Å². The van der Waals surface area contributed by atoms with E-state index in [2.05, 4.69) is 23.6 Å². The number of morpholine rings is 1. The van der Waals surface area contributed by atoms with Crippen LogP contribution in [-0.2, 0) is 4.74 Å². The van der Waals surface area contributed by atoms with E-state index in [0.717, 1.165) is 52.5 Å². The summed E-state index contributed by atoms with van der Waals surface area (Å²) in [5, 5.41) is 10.1. The molecule has 2 aliphatic rings. The van der Waals surface area contributed by atoms with Crippen molar-refractivity contribution >= 4 is 0 Å². The molecule has 0 amide bonds. The first-order valence-electron chi connectivity index (χ1n) is 6.76. The second kappa shape index (κ2) is 5.65. The van der Waals surface area contributed by atoms with Gasteiger partial charge in [-0.05, 0) is 18.4 Å². The van der Waals surface area contributed by atoms with Crippen LogP contribution >= 0.6 is 0 Å². The van der Waals surface area contributed by atoms with E-state index in [4.69, 9.17) is 4.74 Å². The molecular formula is C13H26N2O2. The topological polar surface area (TPSA) is 35.9 Å². The van der Waals surface area contributed by atoms with E-state index in [1.807, 2.05) is 0 Å². The average Bonchev–Trinajstić information content (AvgIpc) is 2.59.